The first-order valence-electron chi connectivity index (χ1n) is 3.12. The maximum Gasteiger partial charge on any atom is 0.116 e. The Morgan fingerprint density at radius 3 is 2.64 bits per heavy atom. The molecule has 0 atom stereocenters. The fourth-order valence-corrected chi connectivity index (χ4v) is 1.04. The number of aromatic amines is 1. The van der Waals surface area contributed by atoms with E-state index in [0.717, 1.165) is 10.8 Å². The number of hydrogen-bond acceptors (Lipinski definition) is 1. The Hall–Kier alpha value is -1.15. The molecule has 0 amide bonds. The molecule has 2 nitrogen and oxygen atoms in total. The van der Waals surface area contributed by atoms with Crippen molar-refractivity contribution in [2.75, 3.05) is 0 Å². The minimum absolute atomic E-state index is 0. The summed E-state index contributed by atoms with van der Waals surface area (Å²) in [7, 11) is 0. The summed E-state index contributed by atoms with van der Waals surface area (Å²) < 4.78 is 0. The highest BCUT2D eigenvalue weighted by Crippen LogP contribution is 2.18. The summed E-state index contributed by atoms with van der Waals surface area (Å²) in [6.45, 7) is 0. The Balaban J connectivity index is 0.000000605. The third-order valence-electron chi connectivity index (χ3n) is 1.55. The van der Waals surface area contributed by atoms with Gasteiger partial charge < -0.3 is 10.1 Å². The quantitative estimate of drug-likeness (QED) is 0.624. The molecule has 1 aromatic carbocycles. The molecule has 0 aliphatic carbocycles. The van der Waals surface area contributed by atoms with Crippen molar-refractivity contribution >= 4 is 23.2 Å². The van der Waals surface area contributed by atoms with Gasteiger partial charge in [-0.3, -0.25) is 0 Å². The minimum atomic E-state index is 0. The van der Waals surface area contributed by atoms with Crippen LogP contribution in [-0.4, -0.2) is 10.1 Å². The highest BCUT2D eigenvalue weighted by atomic mass is 35.5. The van der Waals surface area contributed by atoms with E-state index in [1.165, 1.54) is 0 Å². The first kappa shape index (κ1) is 7.95. The van der Waals surface area contributed by atoms with Crippen molar-refractivity contribution in [2.24, 2.45) is 0 Å². The Labute approximate surface area is 70.3 Å². The number of aromatic hydroxyl groups is 1. The number of halogens is 1. The molecule has 11 heavy (non-hydrogen) atoms. The van der Waals surface area contributed by atoms with Crippen molar-refractivity contribution in [3.8, 4) is 5.75 Å². The van der Waals surface area contributed by atoms with Crippen LogP contribution in [0.4, 0.5) is 0 Å². The molecule has 2 aromatic rings. The summed E-state index contributed by atoms with van der Waals surface area (Å²) in [6, 6.07) is 5.28. The van der Waals surface area contributed by atoms with Gasteiger partial charge in [-0.05, 0) is 23.6 Å². The van der Waals surface area contributed by atoms with Crippen molar-refractivity contribution in [3.63, 3.8) is 0 Å². The van der Waals surface area contributed by atoms with Gasteiger partial charge in [0, 0.05) is 17.8 Å². The van der Waals surface area contributed by atoms with Gasteiger partial charge in [0.25, 0.3) is 0 Å². The van der Waals surface area contributed by atoms with Gasteiger partial charge in [-0.1, -0.05) is 0 Å². The maximum atomic E-state index is 9.03. The molecule has 1 heterocycles. The van der Waals surface area contributed by atoms with Gasteiger partial charge in [0.15, 0.2) is 0 Å². The number of phenols is 1. The average Bonchev–Trinajstić information content (AvgIpc) is 2.33. The smallest absolute Gasteiger partial charge is 0.116 e. The van der Waals surface area contributed by atoms with Crippen LogP contribution in [0.1, 0.15) is 0 Å². The van der Waals surface area contributed by atoms with Gasteiger partial charge in [-0.15, -0.1) is 12.4 Å². The highest BCUT2D eigenvalue weighted by molar-refractivity contribution is 5.85. The van der Waals surface area contributed by atoms with Crippen LogP contribution in [0.15, 0.2) is 30.6 Å². The lowest BCUT2D eigenvalue weighted by molar-refractivity contribution is 0.476. The van der Waals surface area contributed by atoms with E-state index in [9.17, 15) is 0 Å². The summed E-state index contributed by atoms with van der Waals surface area (Å²) in [5, 5.41) is 11.2. The average molecular weight is 170 g/mol. The zero-order chi connectivity index (χ0) is 6.97. The standard InChI is InChI=1S/C8H7NO.ClH/c10-8-2-1-6-4-9-5-7(6)3-8;/h1-5,9-10H;1H. The Bertz CT molecular complexity index is 356. The van der Waals surface area contributed by atoms with Gasteiger partial charge >= 0.3 is 0 Å². The van der Waals surface area contributed by atoms with Crippen molar-refractivity contribution in [3.05, 3.63) is 30.6 Å². The van der Waals surface area contributed by atoms with Crippen LogP contribution in [0.2, 0.25) is 0 Å². The molecule has 2 N–H and O–H groups in total. The van der Waals surface area contributed by atoms with E-state index in [4.69, 9.17) is 5.11 Å². The summed E-state index contributed by atoms with van der Waals surface area (Å²) in [6.07, 6.45) is 3.75. The van der Waals surface area contributed by atoms with Crippen LogP contribution in [-0.2, 0) is 0 Å². The fraction of sp³-hybridized carbons (Fsp3) is 0. The van der Waals surface area contributed by atoms with Crippen molar-refractivity contribution in [1.29, 1.82) is 0 Å². The molecule has 0 radical (unpaired) electrons. The first-order chi connectivity index (χ1) is 4.86. The van der Waals surface area contributed by atoms with E-state index >= 15 is 0 Å². The summed E-state index contributed by atoms with van der Waals surface area (Å²) in [5.41, 5.74) is 0. The molecule has 1 aromatic heterocycles. The van der Waals surface area contributed by atoms with Crippen LogP contribution in [0.5, 0.6) is 5.75 Å². The van der Waals surface area contributed by atoms with Gasteiger partial charge in [0.2, 0.25) is 0 Å². The first-order valence-corrected chi connectivity index (χ1v) is 3.12. The maximum absolute atomic E-state index is 9.03. The monoisotopic (exact) mass is 169 g/mol. The molecule has 0 aliphatic rings. The molecule has 58 valence electrons. The van der Waals surface area contributed by atoms with Crippen LogP contribution in [0.25, 0.3) is 10.8 Å². The SMILES string of the molecule is Cl.Oc1ccc2c[nH]cc2c1. The Kier molecular flexibility index (Phi) is 2.06. The third-order valence-corrected chi connectivity index (χ3v) is 1.55. The number of benzene rings is 1. The second kappa shape index (κ2) is 2.84. The second-order valence-electron chi connectivity index (χ2n) is 2.27. The van der Waals surface area contributed by atoms with Crippen LogP contribution < -0.4 is 0 Å². The van der Waals surface area contributed by atoms with Crippen molar-refractivity contribution < 1.29 is 5.11 Å². The number of H-pyrrole nitrogens is 1. The highest BCUT2D eigenvalue weighted by Gasteiger charge is 1.92. The summed E-state index contributed by atoms with van der Waals surface area (Å²) >= 11 is 0. The third kappa shape index (κ3) is 1.30. The number of phenolic OH excluding ortho intramolecular Hbond substituents is 1. The molecule has 0 spiro atoms. The number of fused-ring (bicyclic) bond motifs is 1. The van der Waals surface area contributed by atoms with E-state index in [2.05, 4.69) is 4.98 Å². The fourth-order valence-electron chi connectivity index (χ4n) is 1.04. The minimum Gasteiger partial charge on any atom is -0.508 e. The molecule has 0 saturated carbocycles. The molecule has 0 saturated heterocycles. The summed E-state index contributed by atoms with van der Waals surface area (Å²) in [4.78, 5) is 2.95. The van der Waals surface area contributed by atoms with E-state index in [0.29, 0.717) is 5.75 Å². The topological polar surface area (TPSA) is 36.0 Å². The van der Waals surface area contributed by atoms with Gasteiger partial charge in [0.05, 0.1) is 0 Å². The molecule has 0 unspecified atom stereocenters. The van der Waals surface area contributed by atoms with E-state index in [1.54, 1.807) is 12.1 Å². The largest absolute Gasteiger partial charge is 0.508 e. The zero-order valence-electron chi connectivity index (χ0n) is 5.74. The van der Waals surface area contributed by atoms with Crippen LogP contribution >= 0.6 is 12.4 Å². The van der Waals surface area contributed by atoms with Gasteiger partial charge in [0.1, 0.15) is 5.75 Å². The lowest BCUT2D eigenvalue weighted by Gasteiger charge is -1.89. The second-order valence-corrected chi connectivity index (χ2v) is 2.27. The molecular formula is C8H8ClNO. The Morgan fingerprint density at radius 1 is 1.09 bits per heavy atom. The van der Waals surface area contributed by atoms with Crippen LogP contribution in [0, 0.1) is 0 Å². The van der Waals surface area contributed by atoms with Gasteiger partial charge in [-0.25, -0.2) is 0 Å². The number of aromatic nitrogens is 1. The summed E-state index contributed by atoms with van der Waals surface area (Å²) in [5.74, 6) is 0.312. The molecule has 0 fully saturated rings. The molecule has 3 heteroatoms. The van der Waals surface area contributed by atoms with Crippen LogP contribution in [0.3, 0.4) is 0 Å². The number of nitrogens with one attached hydrogen (secondary N) is 1. The Morgan fingerprint density at radius 2 is 1.82 bits per heavy atom. The number of rotatable bonds is 0. The van der Waals surface area contributed by atoms with Crippen molar-refractivity contribution in [2.45, 2.75) is 0 Å². The van der Waals surface area contributed by atoms with E-state index in [-0.39, 0.29) is 12.4 Å². The molecular weight excluding hydrogens is 162 g/mol. The predicted octanol–water partition coefficient (Wildman–Crippen LogP) is 2.30. The lowest BCUT2D eigenvalue weighted by atomic mass is 10.2. The predicted molar refractivity (Wildman–Crippen MR) is 47.2 cm³/mol. The van der Waals surface area contributed by atoms with Gasteiger partial charge in [-0.2, -0.15) is 0 Å². The zero-order valence-corrected chi connectivity index (χ0v) is 6.56. The lowest BCUT2D eigenvalue weighted by Crippen LogP contribution is -1.62. The molecule has 0 bridgehead atoms. The molecule has 2 rings (SSSR count). The van der Waals surface area contributed by atoms with Crippen molar-refractivity contribution in [1.82, 2.24) is 4.98 Å². The number of hydrogen-bond donors (Lipinski definition) is 2. The molecule has 0 aliphatic heterocycles. The van der Waals surface area contributed by atoms with E-state index in [1.807, 2.05) is 18.5 Å². The normalized spacial score (nSPS) is 9.45. The van der Waals surface area contributed by atoms with E-state index < -0.39 is 0 Å².